The third-order valence-electron chi connectivity index (χ3n) is 4.17. The highest BCUT2D eigenvalue weighted by Crippen LogP contribution is 2.43. The Balaban J connectivity index is 2.02. The summed E-state index contributed by atoms with van der Waals surface area (Å²) in [6, 6.07) is 3.99. The lowest BCUT2D eigenvalue weighted by Gasteiger charge is -2.35. The predicted molar refractivity (Wildman–Crippen MR) is 72.2 cm³/mol. The van der Waals surface area contributed by atoms with Crippen molar-refractivity contribution in [1.29, 1.82) is 0 Å². The van der Waals surface area contributed by atoms with E-state index in [9.17, 15) is 13.2 Å². The number of nitrogens with zero attached hydrogens (tertiary/aromatic N) is 1. The highest BCUT2D eigenvalue weighted by molar-refractivity contribution is 5.15. The third kappa shape index (κ3) is 3.72. The number of halogens is 3. The van der Waals surface area contributed by atoms with E-state index < -0.39 is 12.1 Å². The van der Waals surface area contributed by atoms with Crippen molar-refractivity contribution in [2.24, 2.45) is 11.8 Å². The molecule has 0 radical (unpaired) electrons. The molecule has 0 amide bonds. The highest BCUT2D eigenvalue weighted by atomic mass is 19.4. The zero-order chi connectivity index (χ0) is 14.6. The Morgan fingerprint density at radius 2 is 2.00 bits per heavy atom. The summed E-state index contributed by atoms with van der Waals surface area (Å²) in [6.07, 6.45) is 1.23. The first-order valence-electron chi connectivity index (χ1n) is 7.22. The van der Waals surface area contributed by atoms with E-state index in [2.05, 4.69) is 10.3 Å². The molecule has 1 unspecified atom stereocenters. The summed E-state index contributed by atoms with van der Waals surface area (Å²) in [7, 11) is 0. The Labute approximate surface area is 117 Å². The molecule has 1 saturated carbocycles. The van der Waals surface area contributed by atoms with Crippen molar-refractivity contribution < 1.29 is 13.2 Å². The smallest absolute Gasteiger partial charge is 0.310 e. The number of alkyl halides is 3. The maximum Gasteiger partial charge on any atom is 0.391 e. The van der Waals surface area contributed by atoms with Crippen molar-refractivity contribution >= 4 is 0 Å². The quantitative estimate of drug-likeness (QED) is 0.901. The Bertz CT molecular complexity index is 397. The number of nitrogens with one attached hydrogen (secondary N) is 1. The van der Waals surface area contributed by atoms with Gasteiger partial charge in [0.25, 0.3) is 0 Å². The average molecular weight is 286 g/mol. The van der Waals surface area contributed by atoms with Gasteiger partial charge in [0, 0.05) is 18.4 Å². The van der Waals surface area contributed by atoms with Crippen molar-refractivity contribution in [3.05, 3.63) is 30.1 Å². The Kier molecular flexibility index (Phi) is 5.02. The van der Waals surface area contributed by atoms with Crippen molar-refractivity contribution in [2.45, 2.75) is 44.8 Å². The number of hydrogen-bond acceptors (Lipinski definition) is 2. The van der Waals surface area contributed by atoms with E-state index in [-0.39, 0.29) is 24.8 Å². The summed E-state index contributed by atoms with van der Waals surface area (Å²) in [5, 5.41) is 3.40. The molecule has 1 aromatic rings. The molecule has 1 fully saturated rings. The average Bonchev–Trinajstić information content (AvgIpc) is 2.45. The molecular formula is C15H21F3N2. The summed E-state index contributed by atoms with van der Waals surface area (Å²) in [4.78, 5) is 4.12. The van der Waals surface area contributed by atoms with E-state index in [1.165, 1.54) is 0 Å². The zero-order valence-electron chi connectivity index (χ0n) is 11.7. The summed E-state index contributed by atoms with van der Waals surface area (Å²) in [5.41, 5.74) is 1.07. The molecule has 0 aliphatic heterocycles. The molecule has 1 aromatic heterocycles. The summed E-state index contributed by atoms with van der Waals surface area (Å²) >= 11 is 0. The van der Waals surface area contributed by atoms with Crippen LogP contribution in [-0.2, 0) is 0 Å². The van der Waals surface area contributed by atoms with Crippen molar-refractivity contribution in [3.8, 4) is 0 Å². The lowest BCUT2D eigenvalue weighted by molar-refractivity contribution is -0.184. The molecule has 0 spiro atoms. The first kappa shape index (κ1) is 15.3. The van der Waals surface area contributed by atoms with Crippen LogP contribution in [0.5, 0.6) is 0 Å². The second-order valence-electron chi connectivity index (χ2n) is 5.48. The van der Waals surface area contributed by atoms with Gasteiger partial charge in [-0.2, -0.15) is 13.2 Å². The molecule has 2 rings (SSSR count). The minimum absolute atomic E-state index is 0.114. The normalized spacial score (nSPS) is 25.4. The van der Waals surface area contributed by atoms with Gasteiger partial charge in [0.15, 0.2) is 0 Å². The summed E-state index contributed by atoms with van der Waals surface area (Å²) in [5.74, 6) is -0.854. The van der Waals surface area contributed by atoms with Gasteiger partial charge >= 0.3 is 6.18 Å². The molecule has 20 heavy (non-hydrogen) atoms. The van der Waals surface area contributed by atoms with Crippen LogP contribution in [0.15, 0.2) is 24.5 Å². The van der Waals surface area contributed by atoms with Gasteiger partial charge in [-0.15, -0.1) is 0 Å². The first-order valence-corrected chi connectivity index (χ1v) is 7.22. The first-order chi connectivity index (χ1) is 9.52. The molecular weight excluding hydrogens is 265 g/mol. The molecule has 112 valence electrons. The highest BCUT2D eigenvalue weighted by Gasteiger charge is 2.42. The van der Waals surface area contributed by atoms with Gasteiger partial charge < -0.3 is 5.32 Å². The van der Waals surface area contributed by atoms with Crippen LogP contribution >= 0.6 is 0 Å². The number of pyridine rings is 1. The van der Waals surface area contributed by atoms with Gasteiger partial charge in [0.1, 0.15) is 0 Å². The molecule has 1 N–H and O–H groups in total. The molecule has 0 bridgehead atoms. The molecule has 1 atom stereocenters. The van der Waals surface area contributed by atoms with Crippen LogP contribution < -0.4 is 5.32 Å². The minimum Gasteiger partial charge on any atom is -0.310 e. The molecule has 0 saturated heterocycles. The lowest BCUT2D eigenvalue weighted by atomic mass is 9.76. The van der Waals surface area contributed by atoms with E-state index in [1.54, 1.807) is 6.20 Å². The van der Waals surface area contributed by atoms with Gasteiger partial charge in [-0.05, 0) is 49.8 Å². The fraction of sp³-hybridized carbons (Fsp3) is 0.667. The second-order valence-corrected chi connectivity index (χ2v) is 5.48. The summed E-state index contributed by atoms with van der Waals surface area (Å²) in [6.45, 7) is 2.82. The Morgan fingerprint density at radius 1 is 1.30 bits per heavy atom. The van der Waals surface area contributed by atoms with E-state index in [1.807, 2.05) is 25.3 Å². The SMILES string of the molecule is CCNC(c1cccnc1)C1CCC(C(F)(F)F)CC1. The Hall–Kier alpha value is -1.10. The van der Waals surface area contributed by atoms with Crippen LogP contribution in [0.4, 0.5) is 13.2 Å². The van der Waals surface area contributed by atoms with Gasteiger partial charge in [-0.25, -0.2) is 0 Å². The molecule has 2 nitrogen and oxygen atoms in total. The van der Waals surface area contributed by atoms with Gasteiger partial charge in [-0.1, -0.05) is 13.0 Å². The number of aromatic nitrogens is 1. The third-order valence-corrected chi connectivity index (χ3v) is 4.17. The van der Waals surface area contributed by atoms with Crippen LogP contribution in [0.3, 0.4) is 0 Å². The molecule has 1 aliphatic carbocycles. The van der Waals surface area contributed by atoms with Gasteiger partial charge in [0.05, 0.1) is 5.92 Å². The van der Waals surface area contributed by atoms with E-state index in [0.29, 0.717) is 12.8 Å². The summed E-state index contributed by atoms with van der Waals surface area (Å²) < 4.78 is 38.1. The maximum absolute atomic E-state index is 12.7. The lowest BCUT2D eigenvalue weighted by Crippen LogP contribution is -2.34. The number of hydrogen-bond donors (Lipinski definition) is 1. The van der Waals surface area contributed by atoms with Crippen LogP contribution in [0.2, 0.25) is 0 Å². The van der Waals surface area contributed by atoms with Crippen molar-refractivity contribution in [3.63, 3.8) is 0 Å². The fourth-order valence-electron chi connectivity index (χ4n) is 3.12. The Morgan fingerprint density at radius 3 is 2.50 bits per heavy atom. The zero-order valence-corrected chi connectivity index (χ0v) is 11.7. The van der Waals surface area contributed by atoms with E-state index in [0.717, 1.165) is 12.1 Å². The van der Waals surface area contributed by atoms with Crippen molar-refractivity contribution in [1.82, 2.24) is 10.3 Å². The standard InChI is InChI=1S/C15H21F3N2/c1-2-20-14(12-4-3-9-19-10-12)11-5-7-13(8-6-11)15(16,17)18/h3-4,9-11,13-14,20H,2,5-8H2,1H3. The van der Waals surface area contributed by atoms with Crippen molar-refractivity contribution in [2.75, 3.05) is 6.54 Å². The largest absolute Gasteiger partial charge is 0.391 e. The van der Waals surface area contributed by atoms with Crippen LogP contribution in [0.25, 0.3) is 0 Å². The predicted octanol–water partition coefficient (Wildman–Crippen LogP) is 4.10. The second kappa shape index (κ2) is 6.57. The van der Waals surface area contributed by atoms with Crippen LogP contribution in [0.1, 0.15) is 44.2 Å². The minimum atomic E-state index is -4.03. The molecule has 5 heteroatoms. The van der Waals surface area contributed by atoms with E-state index >= 15 is 0 Å². The fourth-order valence-corrected chi connectivity index (χ4v) is 3.12. The van der Waals surface area contributed by atoms with Crippen LogP contribution in [0, 0.1) is 11.8 Å². The molecule has 1 aliphatic rings. The van der Waals surface area contributed by atoms with Crippen LogP contribution in [-0.4, -0.2) is 17.7 Å². The van der Waals surface area contributed by atoms with Gasteiger partial charge in [-0.3, -0.25) is 4.98 Å². The van der Waals surface area contributed by atoms with E-state index in [4.69, 9.17) is 0 Å². The molecule has 0 aromatic carbocycles. The number of rotatable bonds is 4. The maximum atomic E-state index is 12.7. The monoisotopic (exact) mass is 286 g/mol. The van der Waals surface area contributed by atoms with Gasteiger partial charge in [0.2, 0.25) is 0 Å². The topological polar surface area (TPSA) is 24.9 Å². The molecule has 1 heterocycles.